The van der Waals surface area contributed by atoms with E-state index >= 15 is 0 Å². The number of nitriles is 1. The molecule has 0 heterocycles. The molecule has 0 spiro atoms. The topological polar surface area (TPSA) is 27.0 Å². The molecule has 62 valence electrons. The zero-order valence-electron chi connectivity index (χ0n) is 7.41. The van der Waals surface area contributed by atoms with Crippen LogP contribution in [-0.4, -0.2) is 6.54 Å². The molecule has 12 heavy (non-hydrogen) atoms. The van der Waals surface area contributed by atoms with E-state index in [2.05, 4.69) is 6.19 Å². The maximum absolute atomic E-state index is 8.78. The lowest BCUT2D eigenvalue weighted by Crippen LogP contribution is -2.15. The smallest absolute Gasteiger partial charge is 0.184 e. The number of rotatable bonds is 2. The molecule has 0 aromatic heterocycles. The summed E-state index contributed by atoms with van der Waals surface area (Å²) in [5.74, 6) is 0. The summed E-state index contributed by atoms with van der Waals surface area (Å²) in [7, 11) is 0. The molecule has 0 saturated carbocycles. The Hall–Kier alpha value is -1.49. The summed E-state index contributed by atoms with van der Waals surface area (Å²) >= 11 is 0. The molecule has 0 fully saturated rings. The molecule has 2 heteroatoms. The highest BCUT2D eigenvalue weighted by Crippen LogP contribution is 2.17. The molecule has 0 aliphatic rings. The van der Waals surface area contributed by atoms with Gasteiger partial charge in [0.2, 0.25) is 0 Å². The van der Waals surface area contributed by atoms with Crippen LogP contribution in [0.5, 0.6) is 0 Å². The van der Waals surface area contributed by atoms with Gasteiger partial charge in [0.05, 0.1) is 5.69 Å². The Bertz CT molecular complexity index is 299. The summed E-state index contributed by atoms with van der Waals surface area (Å²) in [4.78, 5) is 1.68. The molecule has 0 radical (unpaired) electrons. The lowest BCUT2D eigenvalue weighted by Gasteiger charge is -2.14. The molecule has 0 N–H and O–H groups in total. The van der Waals surface area contributed by atoms with Gasteiger partial charge < -0.3 is 0 Å². The SMILES string of the molecule is CCN(C#N)c1ccccc1C. The molecule has 0 aliphatic heterocycles. The van der Waals surface area contributed by atoms with Crippen molar-refractivity contribution in [3.8, 4) is 6.19 Å². The molecule has 0 aliphatic carbocycles. The van der Waals surface area contributed by atoms with Crippen molar-refractivity contribution < 1.29 is 0 Å². The van der Waals surface area contributed by atoms with Gasteiger partial charge in [-0.2, -0.15) is 5.26 Å². The number of para-hydroxylation sites is 1. The second-order valence-corrected chi connectivity index (χ2v) is 2.63. The first kappa shape index (κ1) is 8.61. The van der Waals surface area contributed by atoms with Crippen LogP contribution in [0.15, 0.2) is 24.3 Å². The Morgan fingerprint density at radius 2 is 2.08 bits per heavy atom. The highest BCUT2D eigenvalue weighted by atomic mass is 15.1. The van der Waals surface area contributed by atoms with Crippen LogP contribution < -0.4 is 4.90 Å². The fourth-order valence-electron chi connectivity index (χ4n) is 1.16. The predicted octanol–water partition coefficient (Wildman–Crippen LogP) is 2.30. The van der Waals surface area contributed by atoms with Crippen LogP contribution >= 0.6 is 0 Å². The Kier molecular flexibility index (Phi) is 2.71. The average Bonchev–Trinajstić information content (AvgIpc) is 2.10. The van der Waals surface area contributed by atoms with Crippen LogP contribution in [0.1, 0.15) is 12.5 Å². The third kappa shape index (κ3) is 1.57. The summed E-state index contributed by atoms with van der Waals surface area (Å²) in [6.07, 6.45) is 2.14. The minimum absolute atomic E-state index is 0.724. The first-order valence-corrected chi connectivity index (χ1v) is 4.02. The Labute approximate surface area is 73.0 Å². The van der Waals surface area contributed by atoms with Gasteiger partial charge in [-0.25, -0.2) is 0 Å². The van der Waals surface area contributed by atoms with Gasteiger partial charge in [0.15, 0.2) is 6.19 Å². The Morgan fingerprint density at radius 3 is 2.58 bits per heavy atom. The second kappa shape index (κ2) is 3.77. The van der Waals surface area contributed by atoms with E-state index in [-0.39, 0.29) is 0 Å². The number of nitrogens with zero attached hydrogens (tertiary/aromatic N) is 2. The molecular formula is C10H12N2. The van der Waals surface area contributed by atoms with Crippen LogP contribution in [0, 0.1) is 18.4 Å². The molecule has 1 rings (SSSR count). The molecule has 2 nitrogen and oxygen atoms in total. The number of benzene rings is 1. The molecule has 0 amide bonds. The monoisotopic (exact) mass is 160 g/mol. The quantitative estimate of drug-likeness (QED) is 0.490. The fraction of sp³-hybridized carbons (Fsp3) is 0.300. The van der Waals surface area contributed by atoms with Crippen LogP contribution in [0.2, 0.25) is 0 Å². The van der Waals surface area contributed by atoms with Gasteiger partial charge in [-0.15, -0.1) is 0 Å². The van der Waals surface area contributed by atoms with Crippen LogP contribution in [-0.2, 0) is 0 Å². The van der Waals surface area contributed by atoms with Crippen molar-refractivity contribution in [3.63, 3.8) is 0 Å². The zero-order chi connectivity index (χ0) is 8.97. The molecular weight excluding hydrogens is 148 g/mol. The number of aryl methyl sites for hydroxylation is 1. The minimum Gasteiger partial charge on any atom is -0.280 e. The van der Waals surface area contributed by atoms with E-state index in [9.17, 15) is 0 Å². The van der Waals surface area contributed by atoms with Gasteiger partial charge in [0.1, 0.15) is 0 Å². The lowest BCUT2D eigenvalue weighted by molar-refractivity contribution is 1.02. The van der Waals surface area contributed by atoms with Crippen LogP contribution in [0.4, 0.5) is 5.69 Å². The first-order valence-electron chi connectivity index (χ1n) is 4.02. The van der Waals surface area contributed by atoms with E-state index in [1.807, 2.05) is 38.1 Å². The van der Waals surface area contributed by atoms with Gasteiger partial charge in [0, 0.05) is 6.54 Å². The van der Waals surface area contributed by atoms with E-state index in [4.69, 9.17) is 5.26 Å². The average molecular weight is 160 g/mol. The van der Waals surface area contributed by atoms with E-state index < -0.39 is 0 Å². The van der Waals surface area contributed by atoms with Crippen molar-refractivity contribution >= 4 is 5.69 Å². The van der Waals surface area contributed by atoms with Gasteiger partial charge >= 0.3 is 0 Å². The maximum atomic E-state index is 8.78. The van der Waals surface area contributed by atoms with Gasteiger partial charge in [-0.3, -0.25) is 4.90 Å². The largest absolute Gasteiger partial charge is 0.280 e. The summed E-state index contributed by atoms with van der Waals surface area (Å²) in [6, 6.07) is 7.89. The van der Waals surface area contributed by atoms with E-state index in [0.29, 0.717) is 0 Å². The minimum atomic E-state index is 0.724. The normalized spacial score (nSPS) is 9.08. The Morgan fingerprint density at radius 1 is 1.42 bits per heavy atom. The van der Waals surface area contributed by atoms with E-state index in [1.165, 1.54) is 0 Å². The first-order chi connectivity index (χ1) is 5.79. The summed E-state index contributed by atoms with van der Waals surface area (Å²) in [5.41, 5.74) is 2.14. The lowest BCUT2D eigenvalue weighted by atomic mass is 10.2. The third-order valence-electron chi connectivity index (χ3n) is 1.84. The van der Waals surface area contributed by atoms with Gasteiger partial charge in [-0.05, 0) is 25.5 Å². The van der Waals surface area contributed by atoms with Crippen molar-refractivity contribution in [2.75, 3.05) is 11.4 Å². The predicted molar refractivity (Wildman–Crippen MR) is 49.8 cm³/mol. The number of anilines is 1. The van der Waals surface area contributed by atoms with Crippen molar-refractivity contribution in [2.45, 2.75) is 13.8 Å². The van der Waals surface area contributed by atoms with Crippen molar-refractivity contribution in [1.29, 1.82) is 5.26 Å². The molecule has 0 bridgehead atoms. The molecule has 0 atom stereocenters. The highest BCUT2D eigenvalue weighted by molar-refractivity contribution is 5.55. The van der Waals surface area contributed by atoms with Crippen LogP contribution in [0.25, 0.3) is 0 Å². The Balaban J connectivity index is 3.02. The van der Waals surface area contributed by atoms with Crippen molar-refractivity contribution in [1.82, 2.24) is 0 Å². The summed E-state index contributed by atoms with van der Waals surface area (Å²) in [6.45, 7) is 4.70. The van der Waals surface area contributed by atoms with Gasteiger partial charge in [-0.1, -0.05) is 18.2 Å². The second-order valence-electron chi connectivity index (χ2n) is 2.63. The van der Waals surface area contributed by atoms with Crippen molar-refractivity contribution in [2.24, 2.45) is 0 Å². The molecule has 0 saturated heterocycles. The van der Waals surface area contributed by atoms with Gasteiger partial charge in [0.25, 0.3) is 0 Å². The third-order valence-corrected chi connectivity index (χ3v) is 1.84. The van der Waals surface area contributed by atoms with Crippen molar-refractivity contribution in [3.05, 3.63) is 29.8 Å². The van der Waals surface area contributed by atoms with E-state index in [0.717, 1.165) is 17.8 Å². The highest BCUT2D eigenvalue weighted by Gasteiger charge is 2.03. The van der Waals surface area contributed by atoms with E-state index in [1.54, 1.807) is 4.90 Å². The standard InChI is InChI=1S/C10H12N2/c1-3-12(8-11)10-7-5-4-6-9(10)2/h4-7H,3H2,1-2H3. The number of hydrogen-bond acceptors (Lipinski definition) is 2. The van der Waals surface area contributed by atoms with Crippen LogP contribution in [0.3, 0.4) is 0 Å². The molecule has 1 aromatic carbocycles. The maximum Gasteiger partial charge on any atom is 0.184 e. The fourth-order valence-corrected chi connectivity index (χ4v) is 1.16. The summed E-state index contributed by atoms with van der Waals surface area (Å²) in [5, 5.41) is 8.78. The molecule has 1 aromatic rings. The summed E-state index contributed by atoms with van der Waals surface area (Å²) < 4.78 is 0. The zero-order valence-corrected chi connectivity index (χ0v) is 7.41. The molecule has 0 unspecified atom stereocenters. The number of hydrogen-bond donors (Lipinski definition) is 0.